The molecule has 1 N–H and O–H groups in total. The Hall–Kier alpha value is -1.65. The van der Waals surface area contributed by atoms with Gasteiger partial charge in [-0.1, -0.05) is 13.8 Å². The molecule has 1 heterocycles. The monoisotopic (exact) mass is 306 g/mol. The number of amides is 1. The van der Waals surface area contributed by atoms with Crippen molar-refractivity contribution in [2.75, 3.05) is 6.61 Å². The molecule has 3 rings (SSSR count). The maximum atomic E-state index is 12.8. The SMILES string of the molecule is CCOC(=O)C1(N2C(=O)C(C)CC3=C2C(C)CCC3)CC1=[OH+]. The number of ether oxygens (including phenoxy) is 1. The molecule has 3 unspecified atom stereocenters. The first kappa shape index (κ1) is 15.3. The number of allylic oxidation sites excluding steroid dienone is 2. The lowest BCUT2D eigenvalue weighted by atomic mass is 9.79. The fourth-order valence-electron chi connectivity index (χ4n) is 3.95. The number of hydrogen-bond donors (Lipinski definition) is 0. The van der Waals surface area contributed by atoms with Crippen LogP contribution in [0.1, 0.15) is 52.9 Å². The van der Waals surface area contributed by atoms with E-state index < -0.39 is 11.5 Å². The van der Waals surface area contributed by atoms with Gasteiger partial charge < -0.3 is 4.74 Å². The van der Waals surface area contributed by atoms with E-state index in [2.05, 4.69) is 6.92 Å². The van der Waals surface area contributed by atoms with Gasteiger partial charge in [0.25, 0.3) is 5.54 Å². The number of hydrogen-bond acceptors (Lipinski definition) is 3. The van der Waals surface area contributed by atoms with Crippen LogP contribution in [0.4, 0.5) is 0 Å². The average Bonchev–Trinajstić information content (AvgIpc) is 3.14. The van der Waals surface area contributed by atoms with Crippen LogP contribution in [-0.4, -0.2) is 39.5 Å². The van der Waals surface area contributed by atoms with E-state index in [1.54, 1.807) is 11.8 Å². The topological polar surface area (TPSA) is 68.0 Å². The Labute approximate surface area is 130 Å². The molecule has 0 radical (unpaired) electrons. The second-order valence-corrected chi connectivity index (χ2v) is 6.77. The molecular formula is C17H24NO4+. The average molecular weight is 306 g/mol. The maximum Gasteiger partial charge on any atom is 0.346 e. The van der Waals surface area contributed by atoms with Crippen molar-refractivity contribution in [1.29, 1.82) is 0 Å². The van der Waals surface area contributed by atoms with Gasteiger partial charge in [-0.15, -0.1) is 0 Å². The highest BCUT2D eigenvalue weighted by molar-refractivity contribution is 6.25. The van der Waals surface area contributed by atoms with E-state index >= 15 is 0 Å². The van der Waals surface area contributed by atoms with E-state index in [-0.39, 0.29) is 36.6 Å². The number of ketones is 1. The summed E-state index contributed by atoms with van der Waals surface area (Å²) >= 11 is 0. The fraction of sp³-hybridized carbons (Fsp3) is 0.706. The molecule has 22 heavy (non-hydrogen) atoms. The third-order valence-electron chi connectivity index (χ3n) is 5.15. The molecule has 2 aliphatic carbocycles. The van der Waals surface area contributed by atoms with Gasteiger partial charge >= 0.3 is 11.8 Å². The molecule has 3 aliphatic rings. The Bertz CT molecular complexity index is 579. The Morgan fingerprint density at radius 2 is 2.09 bits per heavy atom. The summed E-state index contributed by atoms with van der Waals surface area (Å²) in [5.41, 5.74) is 0.981. The van der Waals surface area contributed by atoms with Crippen LogP contribution in [0.5, 0.6) is 0 Å². The molecule has 1 aliphatic heterocycles. The van der Waals surface area contributed by atoms with Crippen LogP contribution in [0.3, 0.4) is 0 Å². The van der Waals surface area contributed by atoms with Gasteiger partial charge in [-0.3, -0.25) is 14.5 Å². The van der Waals surface area contributed by atoms with Gasteiger partial charge in [-0.2, -0.15) is 0 Å². The van der Waals surface area contributed by atoms with Gasteiger partial charge in [0.05, 0.1) is 6.61 Å². The number of carbonyl (C=O) groups is 2. The third-order valence-corrected chi connectivity index (χ3v) is 5.15. The van der Waals surface area contributed by atoms with E-state index in [0.717, 1.165) is 31.4 Å². The van der Waals surface area contributed by atoms with Crippen molar-refractivity contribution < 1.29 is 19.1 Å². The number of carbonyl (C=O) groups excluding carboxylic acids is 3. The summed E-state index contributed by atoms with van der Waals surface area (Å²) in [6.07, 6.45) is 4.09. The Balaban J connectivity index is 2.07. The van der Waals surface area contributed by atoms with Crippen LogP contribution >= 0.6 is 0 Å². The van der Waals surface area contributed by atoms with Gasteiger partial charge in [0.2, 0.25) is 5.91 Å². The van der Waals surface area contributed by atoms with Crippen LogP contribution in [-0.2, 0) is 14.3 Å². The van der Waals surface area contributed by atoms with Crippen molar-refractivity contribution in [3.63, 3.8) is 0 Å². The highest BCUT2D eigenvalue weighted by atomic mass is 16.5. The second kappa shape index (κ2) is 5.21. The first-order valence-electron chi connectivity index (χ1n) is 8.22. The molecule has 5 heteroatoms. The molecule has 1 fully saturated rings. The molecule has 120 valence electrons. The molecular weight excluding hydrogens is 282 g/mol. The van der Waals surface area contributed by atoms with Crippen molar-refractivity contribution in [2.24, 2.45) is 11.8 Å². The van der Waals surface area contributed by atoms with E-state index in [1.165, 1.54) is 5.57 Å². The first-order valence-corrected chi connectivity index (χ1v) is 8.22. The van der Waals surface area contributed by atoms with Crippen molar-refractivity contribution >= 4 is 17.7 Å². The van der Waals surface area contributed by atoms with Crippen molar-refractivity contribution in [1.82, 2.24) is 4.90 Å². The smallest absolute Gasteiger partial charge is 0.346 e. The molecule has 5 nitrogen and oxygen atoms in total. The zero-order valence-electron chi connectivity index (χ0n) is 13.5. The highest BCUT2D eigenvalue weighted by Gasteiger charge is 2.74. The number of esters is 1. The van der Waals surface area contributed by atoms with Crippen LogP contribution in [0, 0.1) is 11.8 Å². The van der Waals surface area contributed by atoms with Gasteiger partial charge in [0.15, 0.2) is 0 Å². The minimum Gasteiger partial charge on any atom is -0.464 e. The Morgan fingerprint density at radius 1 is 1.41 bits per heavy atom. The largest absolute Gasteiger partial charge is 0.464 e. The quantitative estimate of drug-likeness (QED) is 0.456. The van der Waals surface area contributed by atoms with Crippen LogP contribution in [0.2, 0.25) is 0 Å². The summed E-state index contributed by atoms with van der Waals surface area (Å²) < 4.78 is 5.16. The van der Waals surface area contributed by atoms with E-state index in [9.17, 15) is 14.4 Å². The Kier molecular flexibility index (Phi) is 3.62. The molecule has 1 amide bonds. The highest BCUT2D eigenvalue weighted by Crippen LogP contribution is 2.49. The lowest BCUT2D eigenvalue weighted by Crippen LogP contribution is -2.54. The van der Waals surface area contributed by atoms with Crippen molar-refractivity contribution in [3.8, 4) is 0 Å². The summed E-state index contributed by atoms with van der Waals surface area (Å²) in [7, 11) is 0. The van der Waals surface area contributed by atoms with Gasteiger partial charge in [-0.25, -0.2) is 4.79 Å². The molecule has 3 atom stereocenters. The number of rotatable bonds is 3. The predicted molar refractivity (Wildman–Crippen MR) is 81.6 cm³/mol. The molecule has 0 bridgehead atoms. The first-order chi connectivity index (χ1) is 10.4. The summed E-state index contributed by atoms with van der Waals surface area (Å²) in [6, 6.07) is 0. The third kappa shape index (κ3) is 2.02. The number of nitrogens with zero attached hydrogens (tertiary/aromatic N) is 1. The van der Waals surface area contributed by atoms with Gasteiger partial charge in [0, 0.05) is 11.6 Å². The van der Waals surface area contributed by atoms with E-state index in [1.807, 2.05) is 6.92 Å². The summed E-state index contributed by atoms with van der Waals surface area (Å²) in [5.74, 6) is -0.425. The van der Waals surface area contributed by atoms with Gasteiger partial charge in [-0.05, 0) is 44.1 Å². The summed E-state index contributed by atoms with van der Waals surface area (Å²) in [5, 5.41) is 0. The lowest BCUT2D eigenvalue weighted by Gasteiger charge is -2.42. The zero-order chi connectivity index (χ0) is 16.1. The van der Waals surface area contributed by atoms with Crippen molar-refractivity contribution in [3.05, 3.63) is 11.3 Å². The van der Waals surface area contributed by atoms with Crippen LogP contribution < -0.4 is 0 Å². The lowest BCUT2D eigenvalue weighted by molar-refractivity contribution is -0.156. The molecule has 0 aromatic carbocycles. The maximum absolute atomic E-state index is 12.8. The molecule has 1 saturated carbocycles. The Morgan fingerprint density at radius 3 is 2.68 bits per heavy atom. The summed E-state index contributed by atoms with van der Waals surface area (Å²) in [4.78, 5) is 37.0. The predicted octanol–water partition coefficient (Wildman–Crippen LogP) is 2.18. The normalized spacial score (nSPS) is 34.6. The van der Waals surface area contributed by atoms with Crippen molar-refractivity contribution in [2.45, 2.75) is 58.4 Å². The minimum atomic E-state index is -1.26. The fourth-order valence-corrected chi connectivity index (χ4v) is 3.95. The summed E-state index contributed by atoms with van der Waals surface area (Å²) in [6.45, 7) is 5.98. The standard InChI is InChI=1S/C17H23NO4/c1-4-22-16(21)17(9-13(17)19)18-14-10(2)6-5-7-12(14)8-11(3)15(18)20/h10-11H,4-9H2,1-3H3/p+1. The second-order valence-electron chi connectivity index (χ2n) is 6.77. The molecule has 0 aromatic rings. The molecule has 0 spiro atoms. The van der Waals surface area contributed by atoms with Crippen LogP contribution in [0.25, 0.3) is 0 Å². The van der Waals surface area contributed by atoms with E-state index in [4.69, 9.17) is 4.74 Å². The van der Waals surface area contributed by atoms with Gasteiger partial charge in [0.1, 0.15) is 6.42 Å². The van der Waals surface area contributed by atoms with Crippen LogP contribution in [0.15, 0.2) is 11.3 Å². The minimum absolute atomic E-state index is 0.0537. The van der Waals surface area contributed by atoms with E-state index in [0.29, 0.717) is 0 Å². The molecule has 0 saturated heterocycles. The molecule has 0 aromatic heterocycles. The zero-order valence-corrected chi connectivity index (χ0v) is 13.5.